The van der Waals surface area contributed by atoms with Crippen LogP contribution in [0.25, 0.3) is 0 Å². The highest BCUT2D eigenvalue weighted by Crippen LogP contribution is 2.06. The lowest BCUT2D eigenvalue weighted by molar-refractivity contribution is 0.0696. The molecule has 0 spiro atoms. The van der Waals surface area contributed by atoms with Gasteiger partial charge in [-0.15, -0.1) is 0 Å². The number of hydrogen-bond donors (Lipinski definition) is 2. The summed E-state index contributed by atoms with van der Waals surface area (Å²) in [7, 11) is 1.78. The van der Waals surface area contributed by atoms with E-state index in [2.05, 4.69) is 19.2 Å². The summed E-state index contributed by atoms with van der Waals surface area (Å²) in [6, 6.07) is 6.68. The number of rotatable bonds is 7. The van der Waals surface area contributed by atoms with Gasteiger partial charge < -0.3 is 15.3 Å². The van der Waals surface area contributed by atoms with Crippen LogP contribution in [0.5, 0.6) is 0 Å². The number of carboxylic acid groups (broad SMARTS) is 1. The third-order valence-electron chi connectivity index (χ3n) is 3.25. The maximum atomic E-state index is 11.8. The van der Waals surface area contributed by atoms with Crippen LogP contribution in [0.15, 0.2) is 24.3 Å². The number of carbonyl (C=O) groups is 2. The number of nitrogens with zero attached hydrogens (tertiary/aromatic N) is 1. The van der Waals surface area contributed by atoms with Gasteiger partial charge >= 0.3 is 12.0 Å². The van der Waals surface area contributed by atoms with E-state index >= 15 is 0 Å². The van der Waals surface area contributed by atoms with Gasteiger partial charge in [-0.25, -0.2) is 9.59 Å². The van der Waals surface area contributed by atoms with Crippen LogP contribution in [0.3, 0.4) is 0 Å². The Morgan fingerprint density at radius 2 is 2.05 bits per heavy atom. The Morgan fingerprint density at radius 3 is 2.67 bits per heavy atom. The average molecular weight is 292 g/mol. The van der Waals surface area contributed by atoms with Crippen molar-refractivity contribution in [2.24, 2.45) is 5.92 Å². The molecule has 0 aliphatic heterocycles. The molecule has 116 valence electrons. The topological polar surface area (TPSA) is 69.6 Å². The second-order valence-electron chi connectivity index (χ2n) is 5.59. The number of nitrogens with one attached hydrogen (secondary N) is 1. The number of urea groups is 1. The van der Waals surface area contributed by atoms with E-state index in [1.54, 1.807) is 30.1 Å². The van der Waals surface area contributed by atoms with Crippen LogP contribution >= 0.6 is 0 Å². The average Bonchev–Trinajstić information content (AvgIpc) is 2.44. The predicted octanol–water partition coefficient (Wildman–Crippen LogP) is 2.61. The lowest BCUT2D eigenvalue weighted by Crippen LogP contribution is -2.39. The number of carboxylic acids is 1. The summed E-state index contributed by atoms with van der Waals surface area (Å²) in [5.74, 6) is -0.367. The molecular formula is C16H24N2O3. The molecule has 0 fully saturated rings. The molecule has 0 unspecified atom stereocenters. The number of benzene rings is 1. The van der Waals surface area contributed by atoms with Crippen molar-refractivity contribution in [3.63, 3.8) is 0 Å². The van der Waals surface area contributed by atoms with Crippen LogP contribution in [0, 0.1) is 5.92 Å². The van der Waals surface area contributed by atoms with Crippen molar-refractivity contribution in [2.75, 3.05) is 20.1 Å². The first-order chi connectivity index (χ1) is 9.90. The highest BCUT2D eigenvalue weighted by atomic mass is 16.4. The van der Waals surface area contributed by atoms with Crippen molar-refractivity contribution in [3.05, 3.63) is 35.4 Å². The molecule has 5 nitrogen and oxygen atoms in total. The Balaban J connectivity index is 2.37. The molecule has 2 amide bonds. The maximum absolute atomic E-state index is 11.8. The Morgan fingerprint density at radius 1 is 1.33 bits per heavy atom. The van der Waals surface area contributed by atoms with E-state index in [9.17, 15) is 9.59 Å². The van der Waals surface area contributed by atoms with Gasteiger partial charge in [-0.1, -0.05) is 26.0 Å². The van der Waals surface area contributed by atoms with Crippen molar-refractivity contribution < 1.29 is 14.7 Å². The first-order valence-electron chi connectivity index (χ1n) is 7.21. The molecule has 2 N–H and O–H groups in total. The van der Waals surface area contributed by atoms with Crippen LogP contribution < -0.4 is 5.32 Å². The summed E-state index contributed by atoms with van der Waals surface area (Å²) in [5, 5.41) is 11.8. The van der Waals surface area contributed by atoms with Gasteiger partial charge in [-0.3, -0.25) is 0 Å². The van der Waals surface area contributed by atoms with Crippen LogP contribution in [0.2, 0.25) is 0 Å². The predicted molar refractivity (Wildman–Crippen MR) is 82.6 cm³/mol. The largest absolute Gasteiger partial charge is 0.478 e. The minimum Gasteiger partial charge on any atom is -0.478 e. The minimum absolute atomic E-state index is 0.0926. The number of amides is 2. The second kappa shape index (κ2) is 8.29. The SMILES string of the molecule is CC(C)CCN(C)C(=O)NCCc1cccc(C(=O)O)c1. The number of carbonyl (C=O) groups excluding carboxylic acids is 1. The van der Waals surface area contributed by atoms with Crippen molar-refractivity contribution in [3.8, 4) is 0 Å². The van der Waals surface area contributed by atoms with E-state index in [4.69, 9.17) is 5.11 Å². The third kappa shape index (κ3) is 6.29. The van der Waals surface area contributed by atoms with E-state index in [0.29, 0.717) is 18.9 Å². The third-order valence-corrected chi connectivity index (χ3v) is 3.25. The zero-order chi connectivity index (χ0) is 15.8. The maximum Gasteiger partial charge on any atom is 0.335 e. The van der Waals surface area contributed by atoms with Crippen molar-refractivity contribution in [1.82, 2.24) is 10.2 Å². The molecule has 0 radical (unpaired) electrons. The van der Waals surface area contributed by atoms with Gasteiger partial charge in [0, 0.05) is 20.1 Å². The lowest BCUT2D eigenvalue weighted by atomic mass is 10.1. The first-order valence-corrected chi connectivity index (χ1v) is 7.21. The summed E-state index contributed by atoms with van der Waals surface area (Å²) in [5.41, 5.74) is 1.17. The summed E-state index contributed by atoms with van der Waals surface area (Å²) < 4.78 is 0. The fourth-order valence-corrected chi connectivity index (χ4v) is 1.86. The summed E-state index contributed by atoms with van der Waals surface area (Å²) >= 11 is 0. The van der Waals surface area contributed by atoms with Crippen molar-refractivity contribution >= 4 is 12.0 Å². The van der Waals surface area contributed by atoms with Gasteiger partial charge in [0.1, 0.15) is 0 Å². The van der Waals surface area contributed by atoms with Gasteiger partial charge in [0.2, 0.25) is 0 Å². The fourth-order valence-electron chi connectivity index (χ4n) is 1.86. The van der Waals surface area contributed by atoms with E-state index < -0.39 is 5.97 Å². The monoisotopic (exact) mass is 292 g/mol. The smallest absolute Gasteiger partial charge is 0.335 e. The Bertz CT molecular complexity index is 486. The minimum atomic E-state index is -0.936. The highest BCUT2D eigenvalue weighted by Gasteiger charge is 2.08. The number of aromatic carboxylic acids is 1. The molecule has 1 aromatic carbocycles. The zero-order valence-electron chi connectivity index (χ0n) is 12.9. The van der Waals surface area contributed by atoms with E-state index in [0.717, 1.165) is 18.5 Å². The second-order valence-corrected chi connectivity index (χ2v) is 5.59. The molecule has 0 aromatic heterocycles. The molecule has 1 rings (SSSR count). The molecular weight excluding hydrogens is 268 g/mol. The molecule has 0 heterocycles. The normalized spacial score (nSPS) is 10.5. The van der Waals surface area contributed by atoms with Crippen LogP contribution in [-0.4, -0.2) is 42.1 Å². The van der Waals surface area contributed by atoms with E-state index in [1.165, 1.54) is 0 Å². The Hall–Kier alpha value is -2.04. The molecule has 5 heteroatoms. The molecule has 21 heavy (non-hydrogen) atoms. The van der Waals surface area contributed by atoms with Gasteiger partial charge in [0.15, 0.2) is 0 Å². The summed E-state index contributed by atoms with van der Waals surface area (Å²) in [6.45, 7) is 5.48. The summed E-state index contributed by atoms with van der Waals surface area (Å²) in [6.07, 6.45) is 1.59. The van der Waals surface area contributed by atoms with Crippen LogP contribution in [-0.2, 0) is 6.42 Å². The van der Waals surface area contributed by atoms with E-state index in [-0.39, 0.29) is 11.6 Å². The highest BCUT2D eigenvalue weighted by molar-refractivity contribution is 5.87. The quantitative estimate of drug-likeness (QED) is 0.811. The lowest BCUT2D eigenvalue weighted by Gasteiger charge is -2.19. The number of hydrogen-bond acceptors (Lipinski definition) is 2. The van der Waals surface area contributed by atoms with Crippen LogP contribution in [0.4, 0.5) is 4.79 Å². The Kier molecular flexibility index (Phi) is 6.72. The molecule has 0 bridgehead atoms. The summed E-state index contributed by atoms with van der Waals surface area (Å²) in [4.78, 5) is 24.4. The van der Waals surface area contributed by atoms with E-state index in [1.807, 2.05) is 6.07 Å². The Labute approximate surface area is 126 Å². The molecule has 0 aliphatic carbocycles. The van der Waals surface area contributed by atoms with Crippen LogP contribution in [0.1, 0.15) is 36.2 Å². The van der Waals surface area contributed by atoms with Gasteiger partial charge in [0.25, 0.3) is 0 Å². The van der Waals surface area contributed by atoms with Crippen molar-refractivity contribution in [1.29, 1.82) is 0 Å². The molecule has 0 saturated carbocycles. The first kappa shape index (κ1) is 17.0. The molecule has 0 atom stereocenters. The fraction of sp³-hybridized carbons (Fsp3) is 0.500. The molecule has 0 aliphatic rings. The standard InChI is InChI=1S/C16H24N2O3/c1-12(2)8-10-18(3)16(21)17-9-7-13-5-4-6-14(11-13)15(19)20/h4-6,11-12H,7-10H2,1-3H3,(H,17,21)(H,19,20). The van der Waals surface area contributed by atoms with Crippen molar-refractivity contribution in [2.45, 2.75) is 26.7 Å². The zero-order valence-corrected chi connectivity index (χ0v) is 12.9. The van der Waals surface area contributed by atoms with Gasteiger partial charge in [-0.2, -0.15) is 0 Å². The van der Waals surface area contributed by atoms with Gasteiger partial charge in [-0.05, 0) is 36.5 Å². The molecule has 0 saturated heterocycles. The molecule has 1 aromatic rings. The van der Waals surface area contributed by atoms with Gasteiger partial charge in [0.05, 0.1) is 5.56 Å².